The normalized spacial score (nSPS) is 11.1. The fraction of sp³-hybridized carbons (Fsp3) is 0.400. The van der Waals surface area contributed by atoms with Gasteiger partial charge in [-0.3, -0.25) is 0 Å². The molecule has 16 heavy (non-hydrogen) atoms. The van der Waals surface area contributed by atoms with Gasteiger partial charge in [0.05, 0.1) is 17.3 Å². The van der Waals surface area contributed by atoms with Gasteiger partial charge in [-0.1, -0.05) is 6.92 Å². The highest BCUT2D eigenvalue weighted by atomic mass is 32.2. The molecule has 0 atom stereocenters. The molecule has 0 radical (unpaired) electrons. The Morgan fingerprint density at radius 3 is 2.50 bits per heavy atom. The molecule has 1 aromatic rings. The maximum atomic E-state index is 11.5. The molecule has 0 aromatic carbocycles. The first-order chi connectivity index (χ1) is 7.51. The first-order valence-corrected chi connectivity index (χ1v) is 6.52. The predicted octanol–water partition coefficient (Wildman–Crippen LogP) is 1.05. The third-order valence-corrected chi connectivity index (χ3v) is 3.68. The lowest BCUT2D eigenvalue weighted by Crippen LogP contribution is -2.09. The fourth-order valence-electron chi connectivity index (χ4n) is 1.06. The van der Waals surface area contributed by atoms with E-state index >= 15 is 0 Å². The van der Waals surface area contributed by atoms with Crippen LogP contribution in [0.4, 0.5) is 0 Å². The van der Waals surface area contributed by atoms with E-state index in [0.717, 1.165) is 0 Å². The van der Waals surface area contributed by atoms with Crippen molar-refractivity contribution in [2.45, 2.75) is 18.7 Å². The van der Waals surface area contributed by atoms with Crippen molar-refractivity contribution in [1.82, 2.24) is 4.98 Å². The summed E-state index contributed by atoms with van der Waals surface area (Å²) < 4.78 is 27.6. The van der Waals surface area contributed by atoms with Gasteiger partial charge < -0.3 is 4.74 Å². The van der Waals surface area contributed by atoms with Crippen molar-refractivity contribution in [3.8, 4) is 0 Å². The minimum atomic E-state index is -3.27. The molecule has 0 fully saturated rings. The van der Waals surface area contributed by atoms with Crippen molar-refractivity contribution < 1.29 is 17.9 Å². The van der Waals surface area contributed by atoms with Gasteiger partial charge >= 0.3 is 5.97 Å². The minimum absolute atomic E-state index is 0.00737. The number of esters is 1. The average Bonchev–Trinajstić information content (AvgIpc) is 2.29. The summed E-state index contributed by atoms with van der Waals surface area (Å²) >= 11 is 0. The van der Waals surface area contributed by atoms with Gasteiger partial charge in [0.1, 0.15) is 5.69 Å². The lowest BCUT2D eigenvalue weighted by Gasteiger charge is -2.03. The van der Waals surface area contributed by atoms with Crippen molar-refractivity contribution in [3.63, 3.8) is 0 Å². The second-order valence-electron chi connectivity index (χ2n) is 3.00. The number of hydrogen-bond donors (Lipinski definition) is 0. The van der Waals surface area contributed by atoms with Crippen LogP contribution in [-0.2, 0) is 14.6 Å². The van der Waals surface area contributed by atoms with Crippen LogP contribution in [0.25, 0.3) is 0 Å². The number of carbonyl (C=O) groups excluding carboxylic acids is 1. The topological polar surface area (TPSA) is 73.3 Å². The van der Waals surface area contributed by atoms with E-state index in [4.69, 9.17) is 4.74 Å². The van der Waals surface area contributed by atoms with Crippen LogP contribution in [0.3, 0.4) is 0 Å². The zero-order chi connectivity index (χ0) is 12.2. The molecular weight excluding hydrogens is 230 g/mol. The highest BCUT2D eigenvalue weighted by Crippen LogP contribution is 2.10. The molecule has 0 aliphatic rings. The molecule has 1 aromatic heterocycles. The number of rotatable bonds is 4. The smallest absolute Gasteiger partial charge is 0.356 e. The van der Waals surface area contributed by atoms with Crippen LogP contribution in [0, 0.1) is 0 Å². The molecule has 0 N–H and O–H groups in total. The molecule has 0 saturated carbocycles. The summed E-state index contributed by atoms with van der Waals surface area (Å²) in [5.41, 5.74) is 0.108. The Labute approximate surface area is 94.4 Å². The summed E-state index contributed by atoms with van der Waals surface area (Å²) in [6.07, 6.45) is 1.17. The minimum Gasteiger partial charge on any atom is -0.461 e. The second kappa shape index (κ2) is 5.07. The number of sulfone groups is 1. The highest BCUT2D eigenvalue weighted by molar-refractivity contribution is 7.91. The monoisotopic (exact) mass is 243 g/mol. The van der Waals surface area contributed by atoms with Crippen molar-refractivity contribution in [3.05, 3.63) is 24.0 Å². The molecule has 1 heterocycles. The molecule has 0 aliphatic carbocycles. The zero-order valence-electron chi connectivity index (χ0n) is 9.13. The van der Waals surface area contributed by atoms with E-state index in [1.165, 1.54) is 18.3 Å². The zero-order valence-corrected chi connectivity index (χ0v) is 9.95. The molecular formula is C10H13NO4S. The lowest BCUT2D eigenvalue weighted by molar-refractivity contribution is 0.0519. The first-order valence-electron chi connectivity index (χ1n) is 4.87. The van der Waals surface area contributed by atoms with E-state index in [1.807, 2.05) is 0 Å². The average molecular weight is 243 g/mol. The van der Waals surface area contributed by atoms with Crippen molar-refractivity contribution in [2.75, 3.05) is 12.4 Å². The Morgan fingerprint density at radius 2 is 2.06 bits per heavy atom. The van der Waals surface area contributed by atoms with Gasteiger partial charge in [0, 0.05) is 6.20 Å². The molecule has 5 nitrogen and oxygen atoms in total. The third kappa shape index (κ3) is 2.79. The maximum absolute atomic E-state index is 11.5. The molecule has 0 unspecified atom stereocenters. The Balaban J connectivity index is 2.96. The summed E-state index contributed by atoms with van der Waals surface area (Å²) in [4.78, 5) is 15.1. The number of hydrogen-bond acceptors (Lipinski definition) is 5. The van der Waals surface area contributed by atoms with Gasteiger partial charge in [-0.05, 0) is 19.1 Å². The van der Waals surface area contributed by atoms with Crippen LogP contribution in [0.1, 0.15) is 24.3 Å². The molecule has 0 saturated heterocycles. The highest BCUT2D eigenvalue weighted by Gasteiger charge is 2.14. The van der Waals surface area contributed by atoms with E-state index in [-0.39, 0.29) is 22.9 Å². The van der Waals surface area contributed by atoms with Crippen LogP contribution < -0.4 is 0 Å². The maximum Gasteiger partial charge on any atom is 0.356 e. The summed E-state index contributed by atoms with van der Waals surface area (Å²) in [7, 11) is -3.27. The standard InChI is InChI=1S/C10H13NO4S/c1-3-15-10(12)9-6-5-8(7-11-9)16(13,14)4-2/h5-7H,3-4H2,1-2H3. The Hall–Kier alpha value is -1.43. The van der Waals surface area contributed by atoms with Crippen LogP contribution in [-0.4, -0.2) is 31.7 Å². The number of ether oxygens (including phenoxy) is 1. The number of pyridine rings is 1. The quantitative estimate of drug-likeness (QED) is 0.739. The van der Waals surface area contributed by atoms with Gasteiger partial charge in [-0.25, -0.2) is 18.2 Å². The van der Waals surface area contributed by atoms with E-state index in [0.29, 0.717) is 0 Å². The summed E-state index contributed by atoms with van der Waals surface area (Å²) in [5, 5.41) is 0. The van der Waals surface area contributed by atoms with Crippen molar-refractivity contribution in [2.24, 2.45) is 0 Å². The van der Waals surface area contributed by atoms with E-state index in [9.17, 15) is 13.2 Å². The van der Waals surface area contributed by atoms with Gasteiger partial charge in [-0.15, -0.1) is 0 Å². The van der Waals surface area contributed by atoms with Crippen molar-refractivity contribution in [1.29, 1.82) is 0 Å². The molecule has 6 heteroatoms. The van der Waals surface area contributed by atoms with Gasteiger partial charge in [0.15, 0.2) is 9.84 Å². The predicted molar refractivity (Wildman–Crippen MR) is 57.9 cm³/mol. The lowest BCUT2D eigenvalue weighted by atomic mass is 10.3. The summed E-state index contributed by atoms with van der Waals surface area (Å²) in [6.45, 7) is 3.50. The largest absolute Gasteiger partial charge is 0.461 e. The van der Waals surface area contributed by atoms with E-state index < -0.39 is 15.8 Å². The number of nitrogens with zero attached hydrogens (tertiary/aromatic N) is 1. The van der Waals surface area contributed by atoms with Gasteiger partial charge in [0.25, 0.3) is 0 Å². The van der Waals surface area contributed by atoms with E-state index in [1.54, 1.807) is 13.8 Å². The van der Waals surface area contributed by atoms with Crippen LogP contribution in [0.15, 0.2) is 23.2 Å². The Bertz CT molecular complexity index is 464. The van der Waals surface area contributed by atoms with Crippen molar-refractivity contribution >= 4 is 15.8 Å². The molecule has 0 amide bonds. The number of aromatic nitrogens is 1. The molecule has 88 valence electrons. The van der Waals surface area contributed by atoms with Gasteiger partial charge in [0.2, 0.25) is 0 Å². The van der Waals surface area contributed by atoms with Crippen LogP contribution in [0.5, 0.6) is 0 Å². The van der Waals surface area contributed by atoms with Crippen LogP contribution in [0.2, 0.25) is 0 Å². The molecule has 1 rings (SSSR count). The van der Waals surface area contributed by atoms with Gasteiger partial charge in [-0.2, -0.15) is 0 Å². The first kappa shape index (κ1) is 12.6. The Morgan fingerprint density at radius 1 is 1.38 bits per heavy atom. The SMILES string of the molecule is CCOC(=O)c1ccc(S(=O)(=O)CC)cn1. The van der Waals surface area contributed by atoms with Crippen LogP contribution >= 0.6 is 0 Å². The Kier molecular flexibility index (Phi) is 4.00. The second-order valence-corrected chi connectivity index (χ2v) is 5.28. The summed E-state index contributed by atoms with van der Waals surface area (Å²) in [5.74, 6) is -0.545. The number of carbonyl (C=O) groups is 1. The van der Waals surface area contributed by atoms with E-state index in [2.05, 4.69) is 4.98 Å². The summed E-state index contributed by atoms with van der Waals surface area (Å²) in [6, 6.07) is 2.71. The molecule has 0 spiro atoms. The fourth-order valence-corrected chi connectivity index (χ4v) is 1.88. The molecule has 0 bridgehead atoms. The molecule has 0 aliphatic heterocycles. The third-order valence-electron chi connectivity index (χ3n) is 1.96.